The van der Waals surface area contributed by atoms with Gasteiger partial charge in [0.25, 0.3) is 0 Å². The monoisotopic (exact) mass is 540 g/mol. The third-order valence-corrected chi connectivity index (χ3v) is 5.19. The van der Waals surface area contributed by atoms with Gasteiger partial charge in [0.05, 0.1) is 33.6 Å². The second kappa shape index (κ2) is 12.5. The molecule has 0 saturated carbocycles. The summed E-state index contributed by atoms with van der Waals surface area (Å²) in [5.74, 6) is 3.15. The third kappa shape index (κ3) is 6.32. The first-order chi connectivity index (χ1) is 14.7. The number of benzene rings is 2. The molecule has 1 heterocycles. The highest BCUT2D eigenvalue weighted by atomic mass is 127. The van der Waals surface area contributed by atoms with Crippen LogP contribution in [0, 0.1) is 0 Å². The van der Waals surface area contributed by atoms with Gasteiger partial charge in [-0.3, -0.25) is 0 Å². The molecule has 31 heavy (non-hydrogen) atoms. The fraction of sp³-hybridized carbons (Fsp3) is 0.435. The van der Waals surface area contributed by atoms with E-state index in [2.05, 4.69) is 28.5 Å². The van der Waals surface area contributed by atoms with Crippen molar-refractivity contribution in [3.8, 4) is 17.2 Å². The predicted octanol–water partition coefficient (Wildman–Crippen LogP) is 3.66. The number of nitrogens with zero attached hydrogens (tertiary/aromatic N) is 2. The SMILES string of the molecule is CCNC(=NCc1cccc(OC)c1OC)NC1CCN(c2ccccc2OC)C1.I. The lowest BCUT2D eigenvalue weighted by molar-refractivity contribution is 0.352. The molecule has 7 nitrogen and oxygen atoms in total. The van der Waals surface area contributed by atoms with E-state index in [9.17, 15) is 0 Å². The number of guanidine groups is 1. The van der Waals surface area contributed by atoms with Crippen LogP contribution < -0.4 is 29.7 Å². The van der Waals surface area contributed by atoms with Gasteiger partial charge in [0.1, 0.15) is 5.75 Å². The lowest BCUT2D eigenvalue weighted by atomic mass is 10.2. The third-order valence-electron chi connectivity index (χ3n) is 5.19. The molecule has 0 amide bonds. The topological polar surface area (TPSA) is 67.4 Å². The first-order valence-corrected chi connectivity index (χ1v) is 10.3. The van der Waals surface area contributed by atoms with Crippen molar-refractivity contribution in [1.82, 2.24) is 10.6 Å². The number of para-hydroxylation sites is 3. The van der Waals surface area contributed by atoms with Crippen LogP contribution in [0.5, 0.6) is 17.2 Å². The van der Waals surface area contributed by atoms with Crippen molar-refractivity contribution >= 4 is 35.6 Å². The second-order valence-corrected chi connectivity index (χ2v) is 7.10. The van der Waals surface area contributed by atoms with Crippen molar-refractivity contribution in [2.75, 3.05) is 45.9 Å². The van der Waals surface area contributed by atoms with Crippen LogP contribution in [-0.2, 0) is 6.54 Å². The van der Waals surface area contributed by atoms with Gasteiger partial charge in [-0.2, -0.15) is 0 Å². The van der Waals surface area contributed by atoms with E-state index in [0.29, 0.717) is 18.3 Å². The Morgan fingerprint density at radius 1 is 1.03 bits per heavy atom. The number of anilines is 1. The molecule has 8 heteroatoms. The summed E-state index contributed by atoms with van der Waals surface area (Å²) < 4.78 is 16.4. The van der Waals surface area contributed by atoms with Gasteiger partial charge in [-0.05, 0) is 31.5 Å². The average molecular weight is 540 g/mol. The summed E-state index contributed by atoms with van der Waals surface area (Å²) in [5.41, 5.74) is 2.11. The highest BCUT2D eigenvalue weighted by Gasteiger charge is 2.25. The van der Waals surface area contributed by atoms with E-state index in [1.165, 1.54) is 0 Å². The molecular weight excluding hydrogens is 507 g/mol. The zero-order valence-electron chi connectivity index (χ0n) is 18.7. The van der Waals surface area contributed by atoms with Gasteiger partial charge in [-0.1, -0.05) is 24.3 Å². The van der Waals surface area contributed by atoms with Crippen LogP contribution in [0.4, 0.5) is 5.69 Å². The van der Waals surface area contributed by atoms with Gasteiger partial charge >= 0.3 is 0 Å². The minimum atomic E-state index is 0. The molecule has 2 N–H and O–H groups in total. The van der Waals surface area contributed by atoms with Gasteiger partial charge in [0.15, 0.2) is 17.5 Å². The summed E-state index contributed by atoms with van der Waals surface area (Å²) in [5, 5.41) is 6.92. The van der Waals surface area contributed by atoms with Gasteiger partial charge < -0.3 is 29.7 Å². The van der Waals surface area contributed by atoms with Crippen molar-refractivity contribution in [2.24, 2.45) is 4.99 Å². The van der Waals surface area contributed by atoms with Crippen LogP contribution in [0.3, 0.4) is 0 Å². The number of rotatable bonds is 8. The lowest BCUT2D eigenvalue weighted by Crippen LogP contribution is -2.44. The summed E-state index contributed by atoms with van der Waals surface area (Å²) >= 11 is 0. The average Bonchev–Trinajstić information content (AvgIpc) is 3.25. The Kier molecular flexibility index (Phi) is 10.0. The van der Waals surface area contributed by atoms with Gasteiger partial charge in [-0.15, -0.1) is 24.0 Å². The zero-order chi connectivity index (χ0) is 21.3. The number of aliphatic imine (C=N–C) groups is 1. The van der Waals surface area contributed by atoms with Crippen molar-refractivity contribution in [3.63, 3.8) is 0 Å². The predicted molar refractivity (Wildman–Crippen MR) is 137 cm³/mol. The smallest absolute Gasteiger partial charge is 0.191 e. The summed E-state index contributed by atoms with van der Waals surface area (Å²) in [6, 6.07) is 14.3. The first kappa shape index (κ1) is 24.9. The molecule has 1 fully saturated rings. The molecular formula is C23H33IN4O3. The maximum absolute atomic E-state index is 5.52. The Balaban J connectivity index is 0.00000341. The number of ether oxygens (including phenoxy) is 3. The molecule has 3 rings (SSSR count). The maximum Gasteiger partial charge on any atom is 0.191 e. The van der Waals surface area contributed by atoms with Crippen LogP contribution in [0.15, 0.2) is 47.5 Å². The zero-order valence-corrected chi connectivity index (χ0v) is 21.0. The molecule has 1 unspecified atom stereocenters. The van der Waals surface area contributed by atoms with E-state index < -0.39 is 0 Å². The maximum atomic E-state index is 5.52. The van der Waals surface area contributed by atoms with E-state index in [4.69, 9.17) is 19.2 Å². The van der Waals surface area contributed by atoms with Crippen molar-refractivity contribution in [1.29, 1.82) is 0 Å². The van der Waals surface area contributed by atoms with Crippen molar-refractivity contribution < 1.29 is 14.2 Å². The Morgan fingerprint density at radius 3 is 2.48 bits per heavy atom. The van der Waals surface area contributed by atoms with Crippen molar-refractivity contribution in [3.05, 3.63) is 48.0 Å². The summed E-state index contributed by atoms with van der Waals surface area (Å²) in [6.45, 7) is 5.23. The molecule has 1 saturated heterocycles. The lowest BCUT2D eigenvalue weighted by Gasteiger charge is -2.22. The summed E-state index contributed by atoms with van der Waals surface area (Å²) in [6.07, 6.45) is 1.03. The van der Waals surface area contributed by atoms with Crippen LogP contribution in [-0.4, -0.2) is 53.0 Å². The Hall–Kier alpha value is -2.36. The Bertz CT molecular complexity index is 862. The normalized spacial score (nSPS) is 15.8. The van der Waals surface area contributed by atoms with E-state index in [1.807, 2.05) is 36.4 Å². The Morgan fingerprint density at radius 2 is 1.77 bits per heavy atom. The number of methoxy groups -OCH3 is 3. The van der Waals surface area contributed by atoms with Crippen LogP contribution >= 0.6 is 24.0 Å². The minimum absolute atomic E-state index is 0. The number of hydrogen-bond acceptors (Lipinski definition) is 5. The van der Waals surface area contributed by atoms with E-state index in [0.717, 1.165) is 54.8 Å². The van der Waals surface area contributed by atoms with E-state index >= 15 is 0 Å². The van der Waals surface area contributed by atoms with E-state index in [1.54, 1.807) is 21.3 Å². The quantitative estimate of drug-likeness (QED) is 0.303. The largest absolute Gasteiger partial charge is 0.495 e. The molecule has 0 spiro atoms. The Labute approximate surface area is 202 Å². The summed E-state index contributed by atoms with van der Waals surface area (Å²) in [4.78, 5) is 7.13. The molecule has 2 aromatic rings. The number of halogens is 1. The standard InChI is InChI=1S/C23H32N4O3.HI/c1-5-24-23(25-15-17-9-8-12-21(29-3)22(17)30-4)26-18-13-14-27(16-18)19-10-6-7-11-20(19)28-2;/h6-12,18H,5,13-16H2,1-4H3,(H2,24,25,26);1H. The molecule has 170 valence electrons. The van der Waals surface area contributed by atoms with Crippen molar-refractivity contribution in [2.45, 2.75) is 25.9 Å². The fourth-order valence-electron chi connectivity index (χ4n) is 3.74. The number of nitrogens with one attached hydrogen (secondary N) is 2. The molecule has 2 aromatic carbocycles. The minimum Gasteiger partial charge on any atom is -0.495 e. The highest BCUT2D eigenvalue weighted by Crippen LogP contribution is 2.31. The van der Waals surface area contributed by atoms with Gasteiger partial charge in [0, 0.05) is 31.2 Å². The highest BCUT2D eigenvalue weighted by molar-refractivity contribution is 14.0. The van der Waals surface area contributed by atoms with Crippen LogP contribution in [0.2, 0.25) is 0 Å². The molecule has 0 bridgehead atoms. The first-order valence-electron chi connectivity index (χ1n) is 10.3. The molecule has 0 aromatic heterocycles. The molecule has 1 atom stereocenters. The summed E-state index contributed by atoms with van der Waals surface area (Å²) in [7, 11) is 5.01. The van der Waals surface area contributed by atoms with Crippen LogP contribution in [0.1, 0.15) is 18.9 Å². The van der Waals surface area contributed by atoms with E-state index in [-0.39, 0.29) is 24.0 Å². The molecule has 0 radical (unpaired) electrons. The van der Waals surface area contributed by atoms with Gasteiger partial charge in [0.2, 0.25) is 0 Å². The van der Waals surface area contributed by atoms with Crippen LogP contribution in [0.25, 0.3) is 0 Å². The fourth-order valence-corrected chi connectivity index (χ4v) is 3.74. The molecule has 1 aliphatic heterocycles. The number of hydrogen-bond donors (Lipinski definition) is 2. The second-order valence-electron chi connectivity index (χ2n) is 7.10. The molecule has 0 aliphatic carbocycles. The van der Waals surface area contributed by atoms with Gasteiger partial charge in [-0.25, -0.2) is 4.99 Å². The molecule has 1 aliphatic rings.